The van der Waals surface area contributed by atoms with Crippen LogP contribution in [0.5, 0.6) is 0 Å². The molecule has 4 atom stereocenters. The van der Waals surface area contributed by atoms with Crippen molar-refractivity contribution in [3.8, 4) is 0 Å². The zero-order valence-corrected chi connectivity index (χ0v) is 81.4. The van der Waals surface area contributed by atoms with Crippen LogP contribution in [0.3, 0.4) is 0 Å². The first-order valence-electron chi connectivity index (χ1n) is 10.4. The first-order valence-corrected chi connectivity index (χ1v) is 30.5. The van der Waals surface area contributed by atoms with Gasteiger partial charge >= 0.3 is 533 Å². The minimum atomic E-state index is -6.11. The van der Waals surface area contributed by atoms with E-state index in [0.29, 0.717) is 0 Å². The zero-order chi connectivity index (χ0) is 45.0. The molecule has 0 aromatic carbocycles. The molecule has 2 heterocycles. The van der Waals surface area contributed by atoms with Crippen molar-refractivity contribution in [2.45, 2.75) is 0 Å². The van der Waals surface area contributed by atoms with E-state index in [1.54, 1.807) is 0 Å². The molecule has 0 aromatic rings. The smallest absolute Gasteiger partial charge is 0.632 e. The molecule has 2 aliphatic rings. The van der Waals surface area contributed by atoms with Gasteiger partial charge in [0.1, 0.15) is 0 Å². The third kappa shape index (κ3) is 83.1. The second-order valence-corrected chi connectivity index (χ2v) is 28.0. The second-order valence-electron chi connectivity index (χ2n) is 7.55. The van der Waals surface area contributed by atoms with Gasteiger partial charge in [-0.25, -0.2) is 14.3 Å². The summed E-state index contributed by atoms with van der Waals surface area (Å²) >= 11 is 0. The van der Waals surface area contributed by atoms with Crippen molar-refractivity contribution in [1.82, 2.24) is 0 Å². The average molecular weight is 1430 g/mol. The molecule has 68 heteroatoms. The molecule has 334 valence electrons. The Morgan fingerprint density at radius 2 is 0.471 bits per heavy atom. The van der Waals surface area contributed by atoms with Crippen LogP contribution in [0, 0.1) is 0 Å². The third-order valence-corrected chi connectivity index (χ3v) is 21.5. The Bertz CT molecular complexity index is 1010. The summed E-state index contributed by atoms with van der Waals surface area (Å²) in [4.78, 5) is 266. The number of rotatable bonds is 5. The molecule has 2 rings (SSSR count). The predicted octanol–water partition coefficient (Wildman–Crippen LogP) is -58.0. The van der Waals surface area contributed by atoms with Gasteiger partial charge in [0.2, 0.25) is 7.94 Å². The predicted molar refractivity (Wildman–Crippen MR) is 148 cm³/mol. The van der Waals surface area contributed by atoms with Crippen LogP contribution in [0.2, 0.25) is 0 Å². The van der Waals surface area contributed by atoms with Crippen molar-refractivity contribution >= 4 is 106 Å². The Balaban J connectivity index is -0.0000000359. The first-order chi connectivity index (χ1) is 23.3. The van der Waals surface area contributed by atoms with E-state index in [-0.39, 0.29) is 443 Å². The van der Waals surface area contributed by atoms with Gasteiger partial charge in [0.25, 0.3) is 8.17 Å². The maximum atomic E-state index is 11.2. The van der Waals surface area contributed by atoms with Gasteiger partial charge in [-0.05, 0) is 4.31 Å². The molecule has 2 aliphatic heterocycles. The van der Waals surface area contributed by atoms with Gasteiger partial charge in [-0.1, -0.05) is 0 Å². The monoisotopic (exact) mass is 1430 g/mol. The van der Waals surface area contributed by atoms with Crippen molar-refractivity contribution in [3.05, 3.63) is 0 Å². The Kier molecular flexibility index (Phi) is 106. The molecule has 4 unspecified atom stereocenters. The summed E-state index contributed by atoms with van der Waals surface area (Å²) in [5.41, 5.74) is 0. The van der Waals surface area contributed by atoms with E-state index in [9.17, 15) is 63.6 Å². The van der Waals surface area contributed by atoms with Crippen molar-refractivity contribution in [3.63, 3.8) is 0 Å². The van der Waals surface area contributed by atoms with Crippen LogP contribution in [-0.2, 0) is 51.9 Å². The minimum absolute atomic E-state index is 0. The molecular formula is C2H21Na15O40P13+15. The third-order valence-electron chi connectivity index (χ3n) is 2.62. The van der Waals surface area contributed by atoms with Crippen LogP contribution >= 0.6 is 106 Å². The zero-order valence-electron chi connectivity index (χ0n) is 39.7. The largest absolute Gasteiger partial charge is 1.00 e. The Morgan fingerprint density at radius 1 is 0.329 bits per heavy atom. The molecule has 0 spiro atoms. The molecule has 0 bridgehead atoms. The number of phosphoric acid groups is 11. The van der Waals surface area contributed by atoms with Crippen LogP contribution in [0.15, 0.2) is 0 Å². The van der Waals surface area contributed by atoms with E-state index in [0.717, 1.165) is 6.66 Å². The van der Waals surface area contributed by atoms with Crippen molar-refractivity contribution in [2.75, 3.05) is 13.8 Å². The first kappa shape index (κ1) is 133. The molecule has 0 aromatic heterocycles. The molecule has 40 nitrogen and oxygen atoms in total. The molecule has 2 saturated heterocycles. The van der Waals surface area contributed by atoms with Crippen molar-refractivity contribution in [2.24, 2.45) is 0 Å². The van der Waals surface area contributed by atoms with Crippen LogP contribution in [-0.4, -0.2) is 87.2 Å². The molecular weight excluding hydrogens is 1410 g/mol. The standard InChI is InChI=1S/C2H7O3P.15Na.H6O18P6.H5O10P3.H3O9P3/c1-5-6(2,3)4;;;;;;;;;;;;;;;;1-19(2)13-20(3,4)15-22(7,8)17-24(11,12)18-23(9,10)16-21(5,6)14-19;1-11(2,3)9-13(7,8)10-12(4,5)6;1-10(2)7-11(3,4)9-12(5,6)8-10/h1-2H3,(H,3,4);;;;;;;;;;;;;;;;(H,1,2)(H,3,4)(H,5,6)(H,7,8)(H,9,10)(H,11,12);(H,7,8)(H2,1,2,3)(H2,4,5,6);1-2H,(H-,3,4,5,6)/q;15*+1;;;. The van der Waals surface area contributed by atoms with Gasteiger partial charge in [0.05, 0.1) is 22.4 Å². The molecule has 2 fully saturated rings. The fraction of sp³-hybridized carbons (Fsp3) is 1.00. The summed E-state index contributed by atoms with van der Waals surface area (Å²) in [6.45, 7) is 1.13. The van der Waals surface area contributed by atoms with Crippen LogP contribution in [0.25, 0.3) is 0 Å². The average Bonchev–Trinajstić information content (AvgIpc) is 2.66. The van der Waals surface area contributed by atoms with E-state index in [1.807, 2.05) is 0 Å². The van der Waals surface area contributed by atoms with E-state index in [1.165, 1.54) is 7.11 Å². The molecule has 0 amide bonds. The summed E-state index contributed by atoms with van der Waals surface area (Å²) < 4.78 is 40.3. The summed E-state index contributed by atoms with van der Waals surface area (Å²) in [7, 11) is -69.7. The van der Waals surface area contributed by atoms with Crippen LogP contribution < -0.4 is 507 Å². The van der Waals surface area contributed by atoms with Gasteiger partial charge < -0.3 is 63.6 Å². The fourth-order valence-electron chi connectivity index (χ4n) is 1.60. The quantitative estimate of drug-likeness (QED) is 0.0898. The van der Waals surface area contributed by atoms with E-state index in [4.69, 9.17) is 73.4 Å². The number of hydrogen-bond donors (Lipinski definition) is 15. The normalized spacial score (nSPS) is 32.3. The molecule has 0 radical (unpaired) electrons. The summed E-state index contributed by atoms with van der Waals surface area (Å²) in [5.74, 6) is 0. The Hall–Kier alpha value is 19.0. The van der Waals surface area contributed by atoms with E-state index < -0.39 is 106 Å². The maximum absolute atomic E-state index is 11.2. The van der Waals surface area contributed by atoms with Gasteiger partial charge in [0, 0.05) is 34.5 Å². The van der Waals surface area contributed by atoms with E-state index >= 15 is 0 Å². The fourth-order valence-corrected chi connectivity index (χ4v) is 17.0. The minimum Gasteiger partial charge on any atom is -0.632 e. The van der Waals surface area contributed by atoms with Crippen molar-refractivity contribution < 1.29 is 632 Å². The van der Waals surface area contributed by atoms with Gasteiger partial charge in [-0.15, -0.1) is 0 Å². The summed E-state index contributed by atoms with van der Waals surface area (Å²) in [5, 5.41) is 0. The second kappa shape index (κ2) is 56.1. The van der Waals surface area contributed by atoms with Crippen LogP contribution in [0.1, 0.15) is 0 Å². The Morgan fingerprint density at radius 3 is 0.571 bits per heavy atom. The van der Waals surface area contributed by atoms with Gasteiger partial charge in [0.15, 0.2) is 0 Å². The van der Waals surface area contributed by atoms with Crippen LogP contribution in [0.4, 0.5) is 0 Å². The topological polar surface area (TPSA) is 714 Å². The molecule has 0 aliphatic carbocycles. The molecule has 15 N–H and O–H groups in total. The maximum Gasteiger partial charge on any atom is 1.00 e. The Labute approximate surface area is 734 Å². The summed E-state index contributed by atoms with van der Waals surface area (Å²) in [6, 6.07) is 0. The van der Waals surface area contributed by atoms with Gasteiger partial charge in [-0.3, -0.25) is 0 Å². The summed E-state index contributed by atoms with van der Waals surface area (Å²) in [6.07, 6.45) is 0. The number of hydrogen-bond acceptors (Lipinski definition) is 40. The molecule has 0 saturated carbocycles. The molecule has 70 heavy (non-hydrogen) atoms. The van der Waals surface area contributed by atoms with E-state index in [2.05, 4.69) is 51.9 Å². The van der Waals surface area contributed by atoms with Gasteiger partial charge in [-0.2, -0.15) is 63.6 Å². The SMILES string of the molecule is CO[P+](C)([O-])O.[Na+].[Na+].[Na+].[Na+].[Na+].[Na+].[Na+].[Na+].[Na+].[Na+].[Na+].[Na+].[Na+].[Na+].[Na+].[O-][P+]([O-])(O)O[P+]([O-])(O)O[P+]([O-])(O)O.[O-][P+]1(O)O[P+]([O-])(O)O[P+](O)(O)O1.[O-][P+]1(O)O[P+]([O-])(O)O[P+]([O-])(O)O[P+]([O-])(O)O[P+]([O-])(O)O[P+]([O-])(O)O1. The van der Waals surface area contributed by atoms with Crippen molar-refractivity contribution in [1.29, 1.82) is 0 Å².